The quantitative estimate of drug-likeness (QED) is 0.652. The van der Waals surface area contributed by atoms with Crippen LogP contribution in [0.1, 0.15) is 48.9 Å². The molecule has 1 N–H and O–H groups in total. The van der Waals surface area contributed by atoms with Crippen LogP contribution in [0.2, 0.25) is 0 Å². The van der Waals surface area contributed by atoms with Crippen molar-refractivity contribution in [3.63, 3.8) is 0 Å². The predicted octanol–water partition coefficient (Wildman–Crippen LogP) is 4.09. The second kappa shape index (κ2) is 6.41. The van der Waals surface area contributed by atoms with E-state index in [1.807, 2.05) is 6.07 Å². The fraction of sp³-hybridized carbons (Fsp3) is 0.500. The Morgan fingerprint density at radius 1 is 1.22 bits per heavy atom. The number of halogens is 1. The van der Waals surface area contributed by atoms with Gasteiger partial charge in [0.05, 0.1) is 6.10 Å². The average molecular weight is 360 g/mol. The monoisotopic (exact) mass is 360 g/mol. The Kier molecular flexibility index (Phi) is 4.86. The highest BCUT2D eigenvalue weighted by Gasteiger charge is 2.18. The molecule has 1 aromatic rings. The van der Waals surface area contributed by atoms with Gasteiger partial charge in [0.1, 0.15) is 11.3 Å². The van der Waals surface area contributed by atoms with Crippen molar-refractivity contribution in [2.45, 2.75) is 44.6 Å². The van der Waals surface area contributed by atoms with Gasteiger partial charge in [0.2, 0.25) is 0 Å². The van der Waals surface area contributed by atoms with Gasteiger partial charge in [-0.25, -0.2) is 4.79 Å². The van der Waals surface area contributed by atoms with Crippen LogP contribution in [0.25, 0.3) is 0 Å². The summed E-state index contributed by atoms with van der Waals surface area (Å²) in [6, 6.07) is 5.32. The lowest BCUT2D eigenvalue weighted by Crippen LogP contribution is -2.17. The van der Waals surface area contributed by atoms with Crippen LogP contribution in [0.4, 0.5) is 0 Å². The number of carbonyl (C=O) groups is 1. The molecular formula is C14H17IO3. The molecule has 1 aliphatic carbocycles. The van der Waals surface area contributed by atoms with Crippen molar-refractivity contribution in [1.29, 1.82) is 0 Å². The highest BCUT2D eigenvalue weighted by molar-refractivity contribution is 14.1. The number of aromatic carboxylic acids is 1. The van der Waals surface area contributed by atoms with E-state index in [4.69, 9.17) is 4.74 Å². The lowest BCUT2D eigenvalue weighted by molar-refractivity contribution is 0.0688. The normalized spacial score (nSPS) is 17.2. The Bertz CT molecular complexity index is 423. The number of hydrogen-bond donors (Lipinski definition) is 1. The maximum Gasteiger partial charge on any atom is 0.339 e. The summed E-state index contributed by atoms with van der Waals surface area (Å²) in [7, 11) is 0. The molecule has 98 valence electrons. The van der Waals surface area contributed by atoms with Crippen LogP contribution in [0.5, 0.6) is 5.75 Å². The van der Waals surface area contributed by atoms with E-state index in [2.05, 4.69) is 22.6 Å². The van der Waals surface area contributed by atoms with Crippen LogP contribution < -0.4 is 4.74 Å². The zero-order valence-corrected chi connectivity index (χ0v) is 12.4. The fourth-order valence-corrected chi connectivity index (χ4v) is 2.80. The Labute approximate surface area is 121 Å². The van der Waals surface area contributed by atoms with Crippen molar-refractivity contribution < 1.29 is 14.6 Å². The molecule has 0 amide bonds. The number of hydrogen-bond acceptors (Lipinski definition) is 2. The number of ether oxygens (including phenoxy) is 1. The molecule has 0 radical (unpaired) electrons. The lowest BCUT2D eigenvalue weighted by Gasteiger charge is -2.18. The molecule has 18 heavy (non-hydrogen) atoms. The standard InChI is InChI=1S/C14H17IO3/c15-10-7-8-13(12(9-10)14(16)17)18-11-5-3-1-2-4-6-11/h7-9,11H,1-6H2,(H,16,17). The third-order valence-electron chi connectivity index (χ3n) is 3.27. The molecule has 0 saturated heterocycles. The van der Waals surface area contributed by atoms with Crippen LogP contribution >= 0.6 is 22.6 Å². The van der Waals surface area contributed by atoms with E-state index in [9.17, 15) is 9.90 Å². The van der Waals surface area contributed by atoms with Crippen LogP contribution in [0.3, 0.4) is 0 Å². The molecule has 0 aliphatic heterocycles. The van der Waals surface area contributed by atoms with Crippen molar-refractivity contribution in [1.82, 2.24) is 0 Å². The number of rotatable bonds is 3. The first-order chi connectivity index (χ1) is 8.66. The molecule has 0 aromatic heterocycles. The minimum absolute atomic E-state index is 0.172. The largest absolute Gasteiger partial charge is 0.490 e. The van der Waals surface area contributed by atoms with Crippen molar-refractivity contribution in [2.24, 2.45) is 0 Å². The first kappa shape index (κ1) is 13.6. The molecule has 0 bridgehead atoms. The molecule has 0 spiro atoms. The van der Waals surface area contributed by atoms with E-state index >= 15 is 0 Å². The minimum atomic E-state index is -0.919. The summed E-state index contributed by atoms with van der Waals surface area (Å²) in [6.45, 7) is 0. The summed E-state index contributed by atoms with van der Waals surface area (Å²) in [6.07, 6.45) is 7.12. The van der Waals surface area contributed by atoms with Gasteiger partial charge in [-0.3, -0.25) is 0 Å². The highest BCUT2D eigenvalue weighted by Crippen LogP contribution is 2.26. The smallest absolute Gasteiger partial charge is 0.339 e. The van der Waals surface area contributed by atoms with Gasteiger partial charge in [0.15, 0.2) is 0 Å². The van der Waals surface area contributed by atoms with Gasteiger partial charge in [-0.2, -0.15) is 0 Å². The summed E-state index contributed by atoms with van der Waals surface area (Å²) in [5, 5.41) is 9.19. The first-order valence-electron chi connectivity index (χ1n) is 6.36. The van der Waals surface area contributed by atoms with E-state index in [1.54, 1.807) is 12.1 Å². The van der Waals surface area contributed by atoms with E-state index in [-0.39, 0.29) is 11.7 Å². The van der Waals surface area contributed by atoms with E-state index in [1.165, 1.54) is 25.7 Å². The summed E-state index contributed by atoms with van der Waals surface area (Å²) in [5.74, 6) is -0.410. The summed E-state index contributed by atoms with van der Waals surface area (Å²) in [4.78, 5) is 11.2. The molecule has 1 aromatic carbocycles. The molecule has 0 atom stereocenters. The summed E-state index contributed by atoms with van der Waals surface area (Å²) < 4.78 is 6.81. The van der Waals surface area contributed by atoms with Crippen LogP contribution in [0, 0.1) is 3.57 Å². The van der Waals surface area contributed by atoms with Gasteiger partial charge < -0.3 is 9.84 Å². The van der Waals surface area contributed by atoms with Gasteiger partial charge in [-0.1, -0.05) is 12.8 Å². The average Bonchev–Trinajstić information content (AvgIpc) is 2.60. The third kappa shape index (κ3) is 3.60. The van der Waals surface area contributed by atoms with Gasteiger partial charge in [0.25, 0.3) is 0 Å². The van der Waals surface area contributed by atoms with Crippen molar-refractivity contribution in [3.05, 3.63) is 27.3 Å². The third-order valence-corrected chi connectivity index (χ3v) is 3.94. The fourth-order valence-electron chi connectivity index (χ4n) is 2.31. The number of carboxylic acid groups (broad SMARTS) is 1. The van der Waals surface area contributed by atoms with Gasteiger partial charge in [-0.05, 0) is 66.5 Å². The van der Waals surface area contributed by atoms with Crippen LogP contribution in [-0.4, -0.2) is 17.2 Å². The molecular weight excluding hydrogens is 343 g/mol. The zero-order chi connectivity index (χ0) is 13.0. The minimum Gasteiger partial charge on any atom is -0.490 e. The van der Waals surface area contributed by atoms with Crippen molar-refractivity contribution in [3.8, 4) is 5.75 Å². The lowest BCUT2D eigenvalue weighted by atomic mass is 10.1. The second-order valence-electron chi connectivity index (χ2n) is 4.68. The Morgan fingerprint density at radius 2 is 1.89 bits per heavy atom. The Morgan fingerprint density at radius 3 is 2.50 bits per heavy atom. The molecule has 0 unspecified atom stereocenters. The van der Waals surface area contributed by atoms with Gasteiger partial charge in [-0.15, -0.1) is 0 Å². The molecule has 1 aliphatic rings. The van der Waals surface area contributed by atoms with E-state index in [0.717, 1.165) is 16.4 Å². The summed E-state index contributed by atoms with van der Waals surface area (Å²) in [5.41, 5.74) is 0.270. The molecule has 3 nitrogen and oxygen atoms in total. The maximum atomic E-state index is 11.2. The maximum absolute atomic E-state index is 11.2. The number of carboxylic acids is 1. The molecule has 1 saturated carbocycles. The predicted molar refractivity (Wildman–Crippen MR) is 78.2 cm³/mol. The van der Waals surface area contributed by atoms with Crippen LogP contribution in [-0.2, 0) is 0 Å². The van der Waals surface area contributed by atoms with E-state index in [0.29, 0.717) is 5.75 Å². The topological polar surface area (TPSA) is 46.5 Å². The Hall–Kier alpha value is -0.780. The first-order valence-corrected chi connectivity index (χ1v) is 7.44. The molecule has 0 heterocycles. The number of benzene rings is 1. The Balaban J connectivity index is 2.14. The second-order valence-corrected chi connectivity index (χ2v) is 5.92. The molecule has 4 heteroatoms. The van der Waals surface area contributed by atoms with Crippen molar-refractivity contribution in [2.75, 3.05) is 0 Å². The van der Waals surface area contributed by atoms with Crippen LogP contribution in [0.15, 0.2) is 18.2 Å². The zero-order valence-electron chi connectivity index (χ0n) is 10.2. The molecule has 2 rings (SSSR count). The van der Waals surface area contributed by atoms with E-state index < -0.39 is 5.97 Å². The van der Waals surface area contributed by atoms with Gasteiger partial charge >= 0.3 is 5.97 Å². The summed E-state index contributed by atoms with van der Waals surface area (Å²) >= 11 is 2.11. The van der Waals surface area contributed by atoms with Gasteiger partial charge in [0, 0.05) is 3.57 Å². The molecule has 1 fully saturated rings. The highest BCUT2D eigenvalue weighted by atomic mass is 127. The van der Waals surface area contributed by atoms with Crippen molar-refractivity contribution >= 4 is 28.6 Å². The SMILES string of the molecule is O=C(O)c1cc(I)ccc1OC1CCCCCC1.